The molecule has 0 aliphatic heterocycles. The van der Waals surface area contributed by atoms with Crippen LogP contribution in [0.1, 0.15) is 24.8 Å². The van der Waals surface area contributed by atoms with Crippen molar-refractivity contribution < 1.29 is 14.9 Å². The molecular formula is C14H21NO3. The van der Waals surface area contributed by atoms with Crippen LogP contribution in [0.2, 0.25) is 0 Å². The highest BCUT2D eigenvalue weighted by Crippen LogP contribution is 2.32. The monoisotopic (exact) mass is 251 g/mol. The summed E-state index contributed by atoms with van der Waals surface area (Å²) < 4.78 is 5.90. The van der Waals surface area contributed by atoms with Crippen LogP contribution in [0.15, 0.2) is 24.3 Å². The van der Waals surface area contributed by atoms with Gasteiger partial charge in [-0.3, -0.25) is 0 Å². The summed E-state index contributed by atoms with van der Waals surface area (Å²) in [6.07, 6.45) is 2.84. The second kappa shape index (κ2) is 5.69. The molecule has 1 aliphatic rings. The van der Waals surface area contributed by atoms with E-state index in [0.717, 1.165) is 30.6 Å². The van der Waals surface area contributed by atoms with Crippen molar-refractivity contribution in [3.05, 3.63) is 29.8 Å². The minimum absolute atomic E-state index is 0.0527. The van der Waals surface area contributed by atoms with Crippen molar-refractivity contribution in [2.75, 3.05) is 13.7 Å². The normalized spacial score (nSPS) is 27.4. The van der Waals surface area contributed by atoms with Crippen LogP contribution in [0.25, 0.3) is 0 Å². The van der Waals surface area contributed by atoms with Crippen LogP contribution in [0.4, 0.5) is 0 Å². The number of benzene rings is 1. The van der Waals surface area contributed by atoms with Gasteiger partial charge in [0.2, 0.25) is 0 Å². The third-order valence-electron chi connectivity index (χ3n) is 3.80. The maximum Gasteiger partial charge on any atom is 0.119 e. The molecule has 18 heavy (non-hydrogen) atoms. The van der Waals surface area contributed by atoms with Gasteiger partial charge in [-0.1, -0.05) is 12.1 Å². The molecule has 1 aromatic rings. The standard InChI is InChI=1S/C14H21NO3/c1-15-14(10-17)7-6-13(8-14)18-12-4-2-11(9-16)3-5-12/h2-5,13,15-17H,6-10H2,1H3. The molecule has 0 spiro atoms. The van der Waals surface area contributed by atoms with Crippen molar-refractivity contribution in [2.24, 2.45) is 0 Å². The third-order valence-corrected chi connectivity index (χ3v) is 3.80. The van der Waals surface area contributed by atoms with E-state index in [4.69, 9.17) is 9.84 Å². The molecule has 4 heteroatoms. The van der Waals surface area contributed by atoms with Crippen LogP contribution in [0.5, 0.6) is 5.75 Å². The Morgan fingerprint density at radius 3 is 2.56 bits per heavy atom. The van der Waals surface area contributed by atoms with Gasteiger partial charge < -0.3 is 20.3 Å². The van der Waals surface area contributed by atoms with Gasteiger partial charge in [0.05, 0.1) is 13.2 Å². The zero-order valence-corrected chi connectivity index (χ0v) is 10.7. The zero-order valence-electron chi connectivity index (χ0n) is 10.7. The number of rotatable bonds is 5. The van der Waals surface area contributed by atoms with E-state index in [0.29, 0.717) is 0 Å². The summed E-state index contributed by atoms with van der Waals surface area (Å²) in [5.41, 5.74) is 0.698. The fraction of sp³-hybridized carbons (Fsp3) is 0.571. The van der Waals surface area contributed by atoms with Gasteiger partial charge in [0.1, 0.15) is 11.9 Å². The lowest BCUT2D eigenvalue weighted by molar-refractivity contribution is 0.146. The Bertz CT molecular complexity index is 373. The molecule has 1 fully saturated rings. The van der Waals surface area contributed by atoms with Crippen molar-refractivity contribution in [1.29, 1.82) is 0 Å². The molecule has 0 bridgehead atoms. The van der Waals surface area contributed by atoms with Gasteiger partial charge in [-0.25, -0.2) is 0 Å². The average molecular weight is 251 g/mol. The Morgan fingerprint density at radius 2 is 2.06 bits per heavy atom. The van der Waals surface area contributed by atoms with Gasteiger partial charge >= 0.3 is 0 Å². The summed E-state index contributed by atoms with van der Waals surface area (Å²) in [5.74, 6) is 0.821. The Hall–Kier alpha value is -1.10. The van der Waals surface area contributed by atoms with E-state index < -0.39 is 0 Å². The molecular weight excluding hydrogens is 230 g/mol. The number of ether oxygens (including phenoxy) is 1. The zero-order chi connectivity index (χ0) is 13.0. The summed E-state index contributed by atoms with van der Waals surface area (Å²) >= 11 is 0. The number of hydrogen-bond donors (Lipinski definition) is 3. The first-order chi connectivity index (χ1) is 8.71. The largest absolute Gasteiger partial charge is 0.490 e. The number of aliphatic hydroxyl groups is 2. The Labute approximate surface area is 108 Å². The van der Waals surface area contributed by atoms with Crippen LogP contribution in [-0.4, -0.2) is 35.5 Å². The molecule has 2 atom stereocenters. The van der Waals surface area contributed by atoms with Gasteiger partial charge in [0.25, 0.3) is 0 Å². The maximum absolute atomic E-state index is 9.42. The summed E-state index contributed by atoms with van der Waals surface area (Å²) in [7, 11) is 1.88. The maximum atomic E-state index is 9.42. The topological polar surface area (TPSA) is 61.7 Å². The van der Waals surface area contributed by atoms with Crippen LogP contribution >= 0.6 is 0 Å². The lowest BCUT2D eigenvalue weighted by atomic mass is 9.99. The molecule has 0 radical (unpaired) electrons. The molecule has 100 valence electrons. The van der Waals surface area contributed by atoms with E-state index in [1.165, 1.54) is 0 Å². The fourth-order valence-corrected chi connectivity index (χ4v) is 2.49. The van der Waals surface area contributed by atoms with Crippen LogP contribution in [0.3, 0.4) is 0 Å². The fourth-order valence-electron chi connectivity index (χ4n) is 2.49. The van der Waals surface area contributed by atoms with Gasteiger partial charge in [-0.2, -0.15) is 0 Å². The van der Waals surface area contributed by atoms with Gasteiger partial charge in [0.15, 0.2) is 0 Å². The molecule has 1 aromatic carbocycles. The minimum Gasteiger partial charge on any atom is -0.490 e. The summed E-state index contributed by atoms with van der Waals surface area (Å²) in [4.78, 5) is 0. The molecule has 0 heterocycles. The molecule has 2 rings (SSSR count). The number of aliphatic hydroxyl groups excluding tert-OH is 2. The first-order valence-electron chi connectivity index (χ1n) is 6.37. The van der Waals surface area contributed by atoms with E-state index >= 15 is 0 Å². The van der Waals surface area contributed by atoms with Gasteiger partial charge in [-0.15, -0.1) is 0 Å². The first kappa shape index (κ1) is 13.3. The van der Waals surface area contributed by atoms with Crippen LogP contribution in [-0.2, 0) is 6.61 Å². The highest BCUT2D eigenvalue weighted by Gasteiger charge is 2.38. The van der Waals surface area contributed by atoms with Gasteiger partial charge in [-0.05, 0) is 37.6 Å². The van der Waals surface area contributed by atoms with Crippen LogP contribution < -0.4 is 10.1 Å². The Balaban J connectivity index is 1.94. The van der Waals surface area contributed by atoms with Crippen LogP contribution in [0, 0.1) is 0 Å². The predicted molar refractivity (Wildman–Crippen MR) is 69.5 cm³/mol. The van der Waals surface area contributed by atoms with E-state index in [9.17, 15) is 5.11 Å². The number of nitrogens with one attached hydrogen (secondary N) is 1. The summed E-state index contributed by atoms with van der Waals surface area (Å²) in [6.45, 7) is 0.198. The molecule has 1 saturated carbocycles. The second-order valence-electron chi connectivity index (χ2n) is 4.97. The van der Waals surface area contributed by atoms with Crippen molar-refractivity contribution in [3.63, 3.8) is 0 Å². The van der Waals surface area contributed by atoms with Crippen molar-refractivity contribution in [3.8, 4) is 5.75 Å². The molecule has 0 amide bonds. The smallest absolute Gasteiger partial charge is 0.119 e. The highest BCUT2D eigenvalue weighted by molar-refractivity contribution is 5.27. The third kappa shape index (κ3) is 2.83. The molecule has 2 unspecified atom stereocenters. The molecule has 0 aromatic heterocycles. The highest BCUT2D eigenvalue weighted by atomic mass is 16.5. The summed E-state index contributed by atoms with van der Waals surface area (Å²) in [6, 6.07) is 7.48. The van der Waals surface area contributed by atoms with E-state index in [1.807, 2.05) is 31.3 Å². The first-order valence-corrected chi connectivity index (χ1v) is 6.37. The summed E-state index contributed by atoms with van der Waals surface area (Å²) in [5, 5.41) is 21.6. The second-order valence-corrected chi connectivity index (χ2v) is 4.97. The number of likely N-dealkylation sites (N-methyl/N-ethyl adjacent to an activating group) is 1. The molecule has 0 saturated heterocycles. The van der Waals surface area contributed by atoms with Crippen molar-refractivity contribution in [2.45, 2.75) is 37.5 Å². The lowest BCUT2D eigenvalue weighted by Gasteiger charge is -2.26. The average Bonchev–Trinajstić information content (AvgIpc) is 2.84. The van der Waals surface area contributed by atoms with Crippen molar-refractivity contribution >= 4 is 0 Å². The lowest BCUT2D eigenvalue weighted by Crippen LogP contribution is -2.44. The minimum atomic E-state index is -0.185. The molecule has 3 N–H and O–H groups in total. The Kier molecular flexibility index (Phi) is 4.22. The van der Waals surface area contributed by atoms with Gasteiger partial charge in [0, 0.05) is 12.0 Å². The Morgan fingerprint density at radius 1 is 1.33 bits per heavy atom. The predicted octanol–water partition coefficient (Wildman–Crippen LogP) is 1.06. The van der Waals surface area contributed by atoms with Crippen molar-refractivity contribution in [1.82, 2.24) is 5.32 Å². The van der Waals surface area contributed by atoms with E-state index in [-0.39, 0.29) is 24.9 Å². The SMILES string of the molecule is CNC1(CO)CCC(Oc2ccc(CO)cc2)C1. The van der Waals surface area contributed by atoms with E-state index in [1.54, 1.807) is 0 Å². The molecule has 1 aliphatic carbocycles. The molecule has 4 nitrogen and oxygen atoms in total. The quantitative estimate of drug-likeness (QED) is 0.732. The number of hydrogen-bond acceptors (Lipinski definition) is 4. The van der Waals surface area contributed by atoms with E-state index in [2.05, 4.69) is 5.32 Å².